The molecule has 2 heterocycles. The van der Waals surface area contributed by atoms with Crippen LogP contribution in [0.15, 0.2) is 12.4 Å². The molecule has 1 aliphatic rings. The van der Waals surface area contributed by atoms with Crippen molar-refractivity contribution in [3.63, 3.8) is 0 Å². The summed E-state index contributed by atoms with van der Waals surface area (Å²) in [5.74, 6) is 1.06. The summed E-state index contributed by atoms with van der Waals surface area (Å²) in [6, 6.07) is 0.103. The van der Waals surface area contributed by atoms with Crippen LogP contribution in [0.3, 0.4) is 0 Å². The van der Waals surface area contributed by atoms with Crippen LogP contribution in [0.1, 0.15) is 38.6 Å². The maximum Gasteiger partial charge on any atom is 0.128 e. The Kier molecular flexibility index (Phi) is 4.96. The van der Waals surface area contributed by atoms with Crippen LogP contribution < -0.4 is 5.32 Å². The zero-order valence-electron chi connectivity index (χ0n) is 12.2. The summed E-state index contributed by atoms with van der Waals surface area (Å²) in [5, 5.41) is 3.41. The molecule has 2 rings (SSSR count). The Balaban J connectivity index is 2.31. The van der Waals surface area contributed by atoms with Crippen molar-refractivity contribution in [2.45, 2.75) is 44.9 Å². The summed E-state index contributed by atoms with van der Waals surface area (Å²) < 4.78 is 13.8. The second kappa shape index (κ2) is 6.50. The third kappa shape index (κ3) is 2.83. The van der Waals surface area contributed by atoms with Gasteiger partial charge in [0.1, 0.15) is 5.82 Å². The normalized spacial score (nSPS) is 20.4. The van der Waals surface area contributed by atoms with E-state index in [1.807, 2.05) is 19.4 Å². The van der Waals surface area contributed by atoms with E-state index in [1.165, 1.54) is 0 Å². The monoisotopic (exact) mass is 267 g/mol. The molecule has 108 valence electrons. The van der Waals surface area contributed by atoms with E-state index in [0.717, 1.165) is 38.4 Å². The molecular weight excluding hydrogens is 242 g/mol. The van der Waals surface area contributed by atoms with Crippen LogP contribution in [-0.2, 0) is 16.0 Å². The molecular formula is C14H25N3O2. The van der Waals surface area contributed by atoms with Gasteiger partial charge in [-0.2, -0.15) is 0 Å². The van der Waals surface area contributed by atoms with E-state index in [4.69, 9.17) is 9.47 Å². The van der Waals surface area contributed by atoms with Crippen molar-refractivity contribution >= 4 is 0 Å². The van der Waals surface area contributed by atoms with Crippen LogP contribution in [-0.4, -0.2) is 42.0 Å². The van der Waals surface area contributed by atoms with Gasteiger partial charge in [-0.25, -0.2) is 4.98 Å². The first kappa shape index (κ1) is 14.5. The average molecular weight is 267 g/mol. The van der Waals surface area contributed by atoms with Gasteiger partial charge < -0.3 is 19.4 Å². The van der Waals surface area contributed by atoms with Crippen molar-refractivity contribution in [2.24, 2.45) is 0 Å². The molecule has 1 unspecified atom stereocenters. The highest BCUT2D eigenvalue weighted by atomic mass is 16.5. The van der Waals surface area contributed by atoms with Gasteiger partial charge in [-0.15, -0.1) is 0 Å². The summed E-state index contributed by atoms with van der Waals surface area (Å²) >= 11 is 0. The predicted octanol–water partition coefficient (Wildman–Crippen LogP) is 1.75. The van der Waals surface area contributed by atoms with E-state index in [-0.39, 0.29) is 11.6 Å². The minimum atomic E-state index is -0.208. The average Bonchev–Trinajstić information content (AvgIpc) is 2.89. The molecule has 0 amide bonds. The number of likely N-dealkylation sites (N-methyl/N-ethyl adjacent to an activating group) is 1. The Bertz CT molecular complexity index is 380. The van der Waals surface area contributed by atoms with Crippen molar-refractivity contribution in [2.75, 3.05) is 26.9 Å². The first-order valence-corrected chi connectivity index (χ1v) is 7.17. The smallest absolute Gasteiger partial charge is 0.128 e. The van der Waals surface area contributed by atoms with E-state index < -0.39 is 0 Å². The number of aryl methyl sites for hydroxylation is 1. The molecule has 1 atom stereocenters. The van der Waals surface area contributed by atoms with E-state index in [1.54, 1.807) is 0 Å². The molecule has 1 fully saturated rings. The molecule has 1 saturated heterocycles. The first-order chi connectivity index (χ1) is 9.27. The molecule has 0 aliphatic carbocycles. The van der Waals surface area contributed by atoms with Crippen molar-refractivity contribution in [3.8, 4) is 0 Å². The third-order valence-corrected chi connectivity index (χ3v) is 3.93. The Morgan fingerprint density at radius 2 is 2.21 bits per heavy atom. The second-order valence-electron chi connectivity index (χ2n) is 4.90. The largest absolute Gasteiger partial charge is 0.381 e. The Labute approximate surface area is 115 Å². The zero-order chi connectivity index (χ0) is 13.7. The summed E-state index contributed by atoms with van der Waals surface area (Å²) in [6.07, 6.45) is 5.70. The number of hydrogen-bond donors (Lipinski definition) is 1. The molecule has 0 radical (unpaired) electrons. The van der Waals surface area contributed by atoms with Gasteiger partial charge in [-0.3, -0.25) is 0 Å². The summed E-state index contributed by atoms with van der Waals surface area (Å²) in [5.41, 5.74) is -0.208. The number of rotatable bonds is 6. The Morgan fingerprint density at radius 3 is 2.79 bits per heavy atom. The molecule has 5 nitrogen and oxygen atoms in total. The van der Waals surface area contributed by atoms with E-state index in [2.05, 4.69) is 28.7 Å². The van der Waals surface area contributed by atoms with Crippen LogP contribution in [0.2, 0.25) is 0 Å². The fourth-order valence-corrected chi connectivity index (χ4v) is 3.00. The van der Waals surface area contributed by atoms with Crippen LogP contribution >= 0.6 is 0 Å². The highest BCUT2D eigenvalue weighted by Gasteiger charge is 2.43. The predicted molar refractivity (Wildman–Crippen MR) is 74.1 cm³/mol. The molecule has 0 bridgehead atoms. The molecule has 1 aromatic heterocycles. The van der Waals surface area contributed by atoms with Gasteiger partial charge in [-0.1, -0.05) is 0 Å². The van der Waals surface area contributed by atoms with Crippen LogP contribution in [0.25, 0.3) is 0 Å². The third-order valence-electron chi connectivity index (χ3n) is 3.93. The van der Waals surface area contributed by atoms with Crippen LogP contribution in [0, 0.1) is 0 Å². The van der Waals surface area contributed by atoms with E-state index in [9.17, 15) is 0 Å². The van der Waals surface area contributed by atoms with Gasteiger partial charge >= 0.3 is 0 Å². The van der Waals surface area contributed by atoms with Gasteiger partial charge in [0, 0.05) is 51.6 Å². The summed E-state index contributed by atoms with van der Waals surface area (Å²) in [4.78, 5) is 4.54. The van der Waals surface area contributed by atoms with Gasteiger partial charge in [0.2, 0.25) is 0 Å². The number of imidazole rings is 1. The lowest BCUT2D eigenvalue weighted by molar-refractivity contribution is -0.128. The summed E-state index contributed by atoms with van der Waals surface area (Å²) in [7, 11) is 1.98. The number of hydrogen-bond acceptors (Lipinski definition) is 4. The topological polar surface area (TPSA) is 48.3 Å². The fraction of sp³-hybridized carbons (Fsp3) is 0.786. The maximum absolute atomic E-state index is 6.15. The lowest BCUT2D eigenvalue weighted by Crippen LogP contribution is -2.50. The van der Waals surface area contributed by atoms with Crippen molar-refractivity contribution in [3.05, 3.63) is 18.2 Å². The molecule has 1 aliphatic heterocycles. The number of nitrogens with one attached hydrogen (secondary N) is 1. The molecule has 0 spiro atoms. The highest BCUT2D eigenvalue weighted by Crippen LogP contribution is 2.37. The summed E-state index contributed by atoms with van der Waals surface area (Å²) in [6.45, 7) is 7.33. The van der Waals surface area contributed by atoms with E-state index in [0.29, 0.717) is 6.61 Å². The first-order valence-electron chi connectivity index (χ1n) is 7.17. The minimum absolute atomic E-state index is 0.103. The van der Waals surface area contributed by atoms with Crippen molar-refractivity contribution in [1.29, 1.82) is 0 Å². The molecule has 0 saturated carbocycles. The number of nitrogens with zero attached hydrogens (tertiary/aromatic N) is 2. The Hall–Kier alpha value is -0.910. The van der Waals surface area contributed by atoms with Gasteiger partial charge in [0.25, 0.3) is 0 Å². The quantitative estimate of drug-likeness (QED) is 0.853. The lowest BCUT2D eigenvalue weighted by Gasteiger charge is -2.42. The highest BCUT2D eigenvalue weighted by molar-refractivity contribution is 5.09. The second-order valence-corrected chi connectivity index (χ2v) is 4.90. The molecule has 1 N–H and O–H groups in total. The van der Waals surface area contributed by atoms with Gasteiger partial charge in [0.05, 0.1) is 11.6 Å². The maximum atomic E-state index is 6.15. The molecule has 0 aromatic carbocycles. The molecule has 19 heavy (non-hydrogen) atoms. The number of ether oxygens (including phenoxy) is 2. The minimum Gasteiger partial charge on any atom is -0.381 e. The van der Waals surface area contributed by atoms with Crippen LogP contribution in [0.4, 0.5) is 0 Å². The SMILES string of the molecule is CCOC1(C(NC)c2nccn2CC)CCOCC1. The zero-order valence-corrected chi connectivity index (χ0v) is 12.2. The van der Waals surface area contributed by atoms with Gasteiger partial charge in [0.15, 0.2) is 0 Å². The van der Waals surface area contributed by atoms with Crippen LogP contribution in [0.5, 0.6) is 0 Å². The number of aromatic nitrogens is 2. The Morgan fingerprint density at radius 1 is 1.47 bits per heavy atom. The van der Waals surface area contributed by atoms with Gasteiger partial charge in [-0.05, 0) is 20.9 Å². The van der Waals surface area contributed by atoms with Crippen molar-refractivity contribution in [1.82, 2.24) is 14.9 Å². The lowest BCUT2D eigenvalue weighted by atomic mass is 9.85. The van der Waals surface area contributed by atoms with Crippen molar-refractivity contribution < 1.29 is 9.47 Å². The standard InChI is InChI=1S/C14H25N3O2/c1-4-17-9-8-16-13(17)12(15-3)14(19-5-2)6-10-18-11-7-14/h8-9,12,15H,4-7,10-11H2,1-3H3. The van der Waals surface area contributed by atoms with E-state index >= 15 is 0 Å². The fourth-order valence-electron chi connectivity index (χ4n) is 3.00. The molecule has 1 aromatic rings. The molecule has 5 heteroatoms.